The van der Waals surface area contributed by atoms with Gasteiger partial charge < -0.3 is 15.4 Å². The molecule has 2 N–H and O–H groups in total. The van der Waals surface area contributed by atoms with E-state index in [0.717, 1.165) is 22.6 Å². The van der Waals surface area contributed by atoms with E-state index in [9.17, 15) is 9.59 Å². The molecule has 4 rings (SSSR count). The van der Waals surface area contributed by atoms with Crippen molar-refractivity contribution in [2.24, 2.45) is 0 Å². The summed E-state index contributed by atoms with van der Waals surface area (Å²) < 4.78 is 7.24. The number of fused-ring (bicyclic) bond motifs is 1. The van der Waals surface area contributed by atoms with Gasteiger partial charge in [0.15, 0.2) is 0 Å². The van der Waals surface area contributed by atoms with E-state index in [4.69, 9.17) is 4.74 Å². The van der Waals surface area contributed by atoms with Crippen LogP contribution in [0, 0.1) is 0 Å². The van der Waals surface area contributed by atoms with Gasteiger partial charge in [0.2, 0.25) is 5.91 Å². The zero-order valence-corrected chi connectivity index (χ0v) is 17.5. The maximum Gasteiger partial charge on any atom is 0.255 e. The summed E-state index contributed by atoms with van der Waals surface area (Å²) in [5, 5.41) is 10.3. The van der Waals surface area contributed by atoms with Crippen LogP contribution in [0.1, 0.15) is 34.1 Å². The van der Waals surface area contributed by atoms with Gasteiger partial charge in [0.05, 0.1) is 43.1 Å². The van der Waals surface area contributed by atoms with Gasteiger partial charge in [0.1, 0.15) is 5.75 Å². The Balaban J connectivity index is 1.30. The molecule has 1 aliphatic rings. The van der Waals surface area contributed by atoms with Gasteiger partial charge in [-0.2, -0.15) is 5.10 Å². The zero-order chi connectivity index (χ0) is 21.6. The quantitative estimate of drug-likeness (QED) is 0.589. The van der Waals surface area contributed by atoms with Crippen molar-refractivity contribution >= 4 is 11.8 Å². The largest absolute Gasteiger partial charge is 0.494 e. The molecule has 7 nitrogen and oxygen atoms in total. The van der Waals surface area contributed by atoms with E-state index in [1.165, 1.54) is 0 Å². The average Bonchev–Trinajstić information content (AvgIpc) is 3.34. The molecule has 0 spiro atoms. The second kappa shape index (κ2) is 9.47. The van der Waals surface area contributed by atoms with E-state index in [0.29, 0.717) is 38.1 Å². The molecule has 2 heterocycles. The van der Waals surface area contributed by atoms with E-state index in [1.807, 2.05) is 61.5 Å². The Morgan fingerprint density at radius 3 is 2.61 bits per heavy atom. The molecule has 0 saturated heterocycles. The predicted octanol–water partition coefficient (Wildman–Crippen LogP) is 2.50. The molecule has 1 aliphatic heterocycles. The maximum absolute atomic E-state index is 12.6. The third kappa shape index (κ3) is 5.12. The number of benzene rings is 2. The summed E-state index contributed by atoms with van der Waals surface area (Å²) >= 11 is 0. The number of hydrogen-bond donors (Lipinski definition) is 2. The lowest BCUT2D eigenvalue weighted by atomic mass is 10.1. The summed E-state index contributed by atoms with van der Waals surface area (Å²) in [5.74, 6) is 0.604. The molecular formula is C24H26N4O3. The second-order valence-electron chi connectivity index (χ2n) is 7.58. The van der Waals surface area contributed by atoms with Gasteiger partial charge in [0.25, 0.3) is 5.91 Å². The minimum absolute atomic E-state index is 0.0463. The minimum atomic E-state index is -0.147. The topological polar surface area (TPSA) is 85.2 Å². The monoisotopic (exact) mass is 418 g/mol. The van der Waals surface area contributed by atoms with Crippen molar-refractivity contribution in [2.45, 2.75) is 38.9 Å². The van der Waals surface area contributed by atoms with Crippen LogP contribution < -0.4 is 15.4 Å². The molecule has 1 aromatic heterocycles. The lowest BCUT2D eigenvalue weighted by molar-refractivity contribution is -0.121. The third-order valence-electron chi connectivity index (χ3n) is 5.29. The van der Waals surface area contributed by atoms with Crippen LogP contribution in [-0.4, -0.2) is 34.2 Å². The van der Waals surface area contributed by atoms with Crippen molar-refractivity contribution in [2.75, 3.05) is 6.61 Å². The molecule has 31 heavy (non-hydrogen) atoms. The lowest BCUT2D eigenvalue weighted by Crippen LogP contribution is -2.37. The van der Waals surface area contributed by atoms with E-state index in [-0.39, 0.29) is 17.9 Å². The normalized spacial score (nSPS) is 14.7. The number of carbonyl (C=O) groups is 2. The van der Waals surface area contributed by atoms with Gasteiger partial charge in [-0.25, -0.2) is 0 Å². The first-order valence-electron chi connectivity index (χ1n) is 10.5. The van der Waals surface area contributed by atoms with Crippen LogP contribution in [0.3, 0.4) is 0 Å². The molecule has 0 radical (unpaired) electrons. The average molecular weight is 418 g/mol. The third-order valence-corrected chi connectivity index (χ3v) is 5.29. The molecule has 1 atom stereocenters. The van der Waals surface area contributed by atoms with E-state index in [1.54, 1.807) is 10.9 Å². The lowest BCUT2D eigenvalue weighted by Gasteiger charge is -2.12. The molecule has 0 saturated carbocycles. The van der Waals surface area contributed by atoms with Crippen molar-refractivity contribution in [1.29, 1.82) is 0 Å². The number of hydrogen-bond acceptors (Lipinski definition) is 4. The Morgan fingerprint density at radius 1 is 1.10 bits per heavy atom. The highest BCUT2D eigenvalue weighted by molar-refractivity contribution is 5.95. The Labute approximate surface area is 181 Å². The van der Waals surface area contributed by atoms with Gasteiger partial charge in [-0.15, -0.1) is 0 Å². The highest BCUT2D eigenvalue weighted by Gasteiger charge is 2.28. The predicted molar refractivity (Wildman–Crippen MR) is 117 cm³/mol. The number of amides is 2. The highest BCUT2D eigenvalue weighted by atomic mass is 16.5. The molecule has 0 fully saturated rings. The molecule has 2 aromatic carbocycles. The SMILES string of the molecule is CCOc1ccc(CC(=O)NC2Cc3c(C(=O)NCc4ccccc4)cnn3C2)cc1. The van der Waals surface area contributed by atoms with Crippen LogP contribution in [-0.2, 0) is 30.7 Å². The van der Waals surface area contributed by atoms with E-state index < -0.39 is 0 Å². The fourth-order valence-electron chi connectivity index (χ4n) is 3.78. The first-order valence-corrected chi connectivity index (χ1v) is 10.5. The fourth-order valence-corrected chi connectivity index (χ4v) is 3.78. The van der Waals surface area contributed by atoms with Crippen LogP contribution >= 0.6 is 0 Å². The smallest absolute Gasteiger partial charge is 0.255 e. The summed E-state index contributed by atoms with van der Waals surface area (Å²) in [5.41, 5.74) is 3.40. The summed E-state index contributed by atoms with van der Waals surface area (Å²) in [7, 11) is 0. The van der Waals surface area contributed by atoms with Crippen molar-refractivity contribution in [1.82, 2.24) is 20.4 Å². The van der Waals surface area contributed by atoms with E-state index in [2.05, 4.69) is 15.7 Å². The minimum Gasteiger partial charge on any atom is -0.494 e. The van der Waals surface area contributed by atoms with Gasteiger partial charge >= 0.3 is 0 Å². The molecule has 0 aliphatic carbocycles. The molecule has 7 heteroatoms. The number of aromatic nitrogens is 2. The first kappa shape index (κ1) is 20.7. The highest BCUT2D eigenvalue weighted by Crippen LogP contribution is 2.19. The van der Waals surface area contributed by atoms with Crippen LogP contribution in [0.2, 0.25) is 0 Å². The van der Waals surface area contributed by atoms with Crippen LogP contribution in [0.15, 0.2) is 60.8 Å². The van der Waals surface area contributed by atoms with Crippen LogP contribution in [0.25, 0.3) is 0 Å². The van der Waals surface area contributed by atoms with Crippen molar-refractivity contribution in [3.8, 4) is 5.75 Å². The van der Waals surface area contributed by atoms with Gasteiger partial charge in [-0.05, 0) is 30.2 Å². The number of rotatable bonds is 8. The van der Waals surface area contributed by atoms with Crippen molar-refractivity contribution in [3.63, 3.8) is 0 Å². The van der Waals surface area contributed by atoms with E-state index >= 15 is 0 Å². The number of nitrogens with one attached hydrogen (secondary N) is 2. The Bertz CT molecular complexity index is 1040. The molecule has 3 aromatic rings. The summed E-state index contributed by atoms with van der Waals surface area (Å²) in [6, 6.07) is 17.3. The Hall–Kier alpha value is -3.61. The Morgan fingerprint density at radius 2 is 1.87 bits per heavy atom. The van der Waals surface area contributed by atoms with Crippen molar-refractivity contribution in [3.05, 3.63) is 83.2 Å². The standard InChI is InChI=1S/C24H26N4O3/c1-2-31-20-10-8-17(9-11-20)12-23(29)27-19-13-22-21(15-26-28(22)16-19)24(30)25-14-18-6-4-3-5-7-18/h3-11,15,19H,2,12-14,16H2,1H3,(H,25,30)(H,27,29). The van der Waals surface area contributed by atoms with Crippen molar-refractivity contribution < 1.29 is 14.3 Å². The number of carbonyl (C=O) groups excluding carboxylic acids is 2. The van der Waals surface area contributed by atoms with Gasteiger partial charge in [-0.3, -0.25) is 14.3 Å². The molecular weight excluding hydrogens is 392 g/mol. The molecule has 160 valence electrons. The van der Waals surface area contributed by atoms with Gasteiger partial charge in [-0.1, -0.05) is 42.5 Å². The zero-order valence-electron chi connectivity index (χ0n) is 17.5. The number of nitrogens with zero attached hydrogens (tertiary/aromatic N) is 2. The summed E-state index contributed by atoms with van der Waals surface area (Å²) in [6.07, 6.45) is 2.49. The summed E-state index contributed by atoms with van der Waals surface area (Å²) in [4.78, 5) is 25.1. The van der Waals surface area contributed by atoms with Gasteiger partial charge in [0, 0.05) is 13.0 Å². The maximum atomic E-state index is 12.6. The molecule has 1 unspecified atom stereocenters. The van der Waals surface area contributed by atoms with Crippen LogP contribution in [0.5, 0.6) is 5.75 Å². The fraction of sp³-hybridized carbons (Fsp3) is 0.292. The molecule has 2 amide bonds. The summed E-state index contributed by atoms with van der Waals surface area (Å²) in [6.45, 7) is 3.58. The van der Waals surface area contributed by atoms with Crippen LogP contribution in [0.4, 0.5) is 0 Å². The first-order chi connectivity index (χ1) is 15.1. The molecule has 0 bridgehead atoms. The second-order valence-corrected chi connectivity index (χ2v) is 7.58. The Kier molecular flexibility index (Phi) is 6.31. The number of ether oxygens (including phenoxy) is 1.